The molecule has 1 N–H and O–H groups in total. The number of rotatable bonds is 6. The highest BCUT2D eigenvalue weighted by Crippen LogP contribution is 2.27. The Hall–Kier alpha value is -1.84. The number of piperidine rings is 1. The van der Waals surface area contributed by atoms with Gasteiger partial charge in [-0.15, -0.1) is 0 Å². The summed E-state index contributed by atoms with van der Waals surface area (Å²) < 4.78 is 34.4. The van der Waals surface area contributed by atoms with Gasteiger partial charge in [-0.2, -0.15) is 0 Å². The topological polar surface area (TPSA) is 102 Å². The number of ether oxygens (including phenoxy) is 2. The number of methoxy groups -OCH3 is 1. The molecule has 0 unspecified atom stereocenters. The maximum atomic E-state index is 12.1. The third-order valence-electron chi connectivity index (χ3n) is 4.04. The molecule has 2 rings (SSSR count). The van der Waals surface area contributed by atoms with Gasteiger partial charge in [-0.3, -0.25) is 9.59 Å². The maximum absolute atomic E-state index is 12.1. The van der Waals surface area contributed by atoms with Crippen molar-refractivity contribution in [3.8, 4) is 5.75 Å². The molecule has 26 heavy (non-hydrogen) atoms. The number of halogens is 1. The van der Waals surface area contributed by atoms with Crippen molar-refractivity contribution in [2.75, 3.05) is 38.4 Å². The summed E-state index contributed by atoms with van der Waals surface area (Å²) in [5.41, 5.74) is 0.377. The van der Waals surface area contributed by atoms with Crippen molar-refractivity contribution in [1.29, 1.82) is 0 Å². The molecule has 0 spiro atoms. The van der Waals surface area contributed by atoms with Crippen LogP contribution < -0.4 is 10.1 Å². The third kappa shape index (κ3) is 5.58. The molecule has 144 valence electrons. The van der Waals surface area contributed by atoms with Gasteiger partial charge in [-0.25, -0.2) is 12.7 Å². The predicted octanol–water partition coefficient (Wildman–Crippen LogP) is 1.50. The van der Waals surface area contributed by atoms with E-state index in [0.29, 0.717) is 29.3 Å². The van der Waals surface area contributed by atoms with Gasteiger partial charge in [0.1, 0.15) is 5.75 Å². The number of sulfonamides is 1. The van der Waals surface area contributed by atoms with Gasteiger partial charge in [0.05, 0.1) is 25.0 Å². The zero-order valence-electron chi connectivity index (χ0n) is 14.5. The van der Waals surface area contributed by atoms with Crippen molar-refractivity contribution in [3.05, 3.63) is 23.2 Å². The molecule has 1 fully saturated rings. The van der Waals surface area contributed by atoms with E-state index in [1.54, 1.807) is 12.1 Å². The van der Waals surface area contributed by atoms with Gasteiger partial charge in [0, 0.05) is 18.1 Å². The lowest BCUT2D eigenvalue weighted by atomic mass is 9.98. The fourth-order valence-corrected chi connectivity index (χ4v) is 3.69. The summed E-state index contributed by atoms with van der Waals surface area (Å²) in [5, 5.41) is 3.00. The van der Waals surface area contributed by atoms with Crippen molar-refractivity contribution in [2.45, 2.75) is 12.8 Å². The minimum absolute atomic E-state index is 0.268. The lowest BCUT2D eigenvalue weighted by Crippen LogP contribution is -2.40. The van der Waals surface area contributed by atoms with Crippen molar-refractivity contribution >= 4 is 39.2 Å². The Balaban J connectivity index is 1.83. The first-order chi connectivity index (χ1) is 12.2. The number of anilines is 1. The molecule has 10 heteroatoms. The molecule has 1 amide bonds. The first kappa shape index (κ1) is 20.5. The highest BCUT2D eigenvalue weighted by atomic mass is 35.5. The highest BCUT2D eigenvalue weighted by molar-refractivity contribution is 7.88. The molecule has 1 aliphatic heterocycles. The van der Waals surface area contributed by atoms with Gasteiger partial charge in [-0.1, -0.05) is 11.6 Å². The van der Waals surface area contributed by atoms with E-state index >= 15 is 0 Å². The smallest absolute Gasteiger partial charge is 0.309 e. The van der Waals surface area contributed by atoms with Crippen LogP contribution in [0.4, 0.5) is 5.69 Å². The summed E-state index contributed by atoms with van der Waals surface area (Å²) in [4.78, 5) is 24.1. The van der Waals surface area contributed by atoms with Crippen LogP contribution in [0.2, 0.25) is 5.02 Å². The predicted molar refractivity (Wildman–Crippen MR) is 96.7 cm³/mol. The molecule has 1 heterocycles. The molecule has 0 radical (unpaired) electrons. The van der Waals surface area contributed by atoms with Crippen molar-refractivity contribution in [3.63, 3.8) is 0 Å². The summed E-state index contributed by atoms with van der Waals surface area (Å²) >= 11 is 5.89. The molecule has 1 aliphatic rings. The Morgan fingerprint density at radius 2 is 1.96 bits per heavy atom. The van der Waals surface area contributed by atoms with E-state index in [1.165, 1.54) is 17.5 Å². The molecule has 1 aromatic carbocycles. The van der Waals surface area contributed by atoms with E-state index in [0.717, 1.165) is 6.26 Å². The van der Waals surface area contributed by atoms with Crippen LogP contribution >= 0.6 is 11.6 Å². The van der Waals surface area contributed by atoms with Gasteiger partial charge >= 0.3 is 5.97 Å². The number of benzene rings is 1. The Labute approximate surface area is 157 Å². The average molecular weight is 405 g/mol. The second-order valence-electron chi connectivity index (χ2n) is 5.94. The minimum atomic E-state index is -3.25. The Morgan fingerprint density at radius 1 is 1.31 bits per heavy atom. The van der Waals surface area contributed by atoms with Gasteiger partial charge in [0.15, 0.2) is 6.61 Å². The minimum Gasteiger partial charge on any atom is -0.495 e. The number of nitrogens with one attached hydrogen (secondary N) is 1. The molecular formula is C16H21ClN2O6S. The van der Waals surface area contributed by atoms with Crippen molar-refractivity contribution in [1.82, 2.24) is 4.31 Å². The largest absolute Gasteiger partial charge is 0.495 e. The number of esters is 1. The van der Waals surface area contributed by atoms with Crippen LogP contribution in [0.25, 0.3) is 0 Å². The molecule has 0 bridgehead atoms. The van der Waals surface area contributed by atoms with Crippen LogP contribution in [0, 0.1) is 5.92 Å². The number of nitrogens with zero attached hydrogens (tertiary/aromatic N) is 1. The van der Waals surface area contributed by atoms with Crippen LogP contribution in [0.5, 0.6) is 5.75 Å². The van der Waals surface area contributed by atoms with E-state index in [2.05, 4.69) is 5.32 Å². The summed E-state index contributed by atoms with van der Waals surface area (Å²) in [6.45, 7) is 0.0931. The fourth-order valence-electron chi connectivity index (χ4n) is 2.64. The highest BCUT2D eigenvalue weighted by Gasteiger charge is 2.30. The zero-order chi connectivity index (χ0) is 19.3. The van der Waals surface area contributed by atoms with Crippen LogP contribution in [-0.4, -0.2) is 57.7 Å². The molecule has 0 atom stereocenters. The lowest BCUT2D eigenvalue weighted by Gasteiger charge is -2.28. The SMILES string of the molecule is COc1ccc(Cl)cc1NC(=O)COC(=O)C1CCN(S(C)(=O)=O)CC1. The third-order valence-corrected chi connectivity index (χ3v) is 5.58. The van der Waals surface area contributed by atoms with Crippen molar-refractivity contribution in [2.24, 2.45) is 5.92 Å². The number of hydrogen-bond acceptors (Lipinski definition) is 6. The van der Waals surface area contributed by atoms with E-state index < -0.39 is 34.4 Å². The number of hydrogen-bond donors (Lipinski definition) is 1. The number of amides is 1. The summed E-state index contributed by atoms with van der Waals surface area (Å²) in [5.74, 6) is -1.01. The molecule has 0 saturated carbocycles. The second-order valence-corrected chi connectivity index (χ2v) is 8.36. The van der Waals surface area contributed by atoms with Crippen LogP contribution in [0.1, 0.15) is 12.8 Å². The second kappa shape index (κ2) is 8.70. The standard InChI is InChI=1S/C16H21ClN2O6S/c1-24-14-4-3-12(17)9-13(14)18-15(20)10-25-16(21)11-5-7-19(8-6-11)26(2,22)23/h3-4,9,11H,5-8,10H2,1-2H3,(H,18,20). The Kier molecular flexibility index (Phi) is 6.85. The van der Waals surface area contributed by atoms with E-state index in [1.807, 2.05) is 0 Å². The summed E-state index contributed by atoms with van der Waals surface area (Å²) in [6, 6.07) is 4.76. The average Bonchev–Trinajstić information content (AvgIpc) is 2.59. The van der Waals surface area contributed by atoms with Gasteiger partial charge in [-0.05, 0) is 31.0 Å². The van der Waals surface area contributed by atoms with Gasteiger partial charge in [0.2, 0.25) is 10.0 Å². The van der Waals surface area contributed by atoms with Crippen LogP contribution in [-0.2, 0) is 24.3 Å². The molecule has 8 nitrogen and oxygen atoms in total. The molecule has 0 aliphatic carbocycles. The number of carbonyl (C=O) groups excluding carboxylic acids is 2. The maximum Gasteiger partial charge on any atom is 0.309 e. The van der Waals surface area contributed by atoms with E-state index in [4.69, 9.17) is 21.1 Å². The number of carbonyl (C=O) groups is 2. The van der Waals surface area contributed by atoms with Crippen molar-refractivity contribution < 1.29 is 27.5 Å². The van der Waals surface area contributed by atoms with Gasteiger partial charge < -0.3 is 14.8 Å². The molecule has 0 aromatic heterocycles. The summed E-state index contributed by atoms with van der Waals surface area (Å²) in [6.07, 6.45) is 1.88. The lowest BCUT2D eigenvalue weighted by molar-refractivity contribution is -0.152. The first-order valence-corrected chi connectivity index (χ1v) is 10.2. The quantitative estimate of drug-likeness (QED) is 0.721. The molecule has 1 saturated heterocycles. The van der Waals surface area contributed by atoms with Crippen LogP contribution in [0.15, 0.2) is 18.2 Å². The Bertz CT molecular complexity index is 775. The Morgan fingerprint density at radius 3 is 2.54 bits per heavy atom. The normalized spacial score (nSPS) is 16.1. The van der Waals surface area contributed by atoms with Crippen LogP contribution in [0.3, 0.4) is 0 Å². The fraction of sp³-hybridized carbons (Fsp3) is 0.500. The monoisotopic (exact) mass is 404 g/mol. The zero-order valence-corrected chi connectivity index (χ0v) is 16.1. The molecular weight excluding hydrogens is 384 g/mol. The van der Waals surface area contributed by atoms with E-state index in [9.17, 15) is 18.0 Å². The van der Waals surface area contributed by atoms with E-state index in [-0.39, 0.29) is 13.1 Å². The molecule has 1 aromatic rings. The van der Waals surface area contributed by atoms with Gasteiger partial charge in [0.25, 0.3) is 5.91 Å². The summed E-state index contributed by atoms with van der Waals surface area (Å²) in [7, 11) is -1.79. The first-order valence-electron chi connectivity index (χ1n) is 7.96.